The maximum absolute atomic E-state index is 14.9. The van der Waals surface area contributed by atoms with Crippen LogP contribution in [-0.2, 0) is 12.7 Å². The highest BCUT2D eigenvalue weighted by Crippen LogP contribution is 2.42. The van der Waals surface area contributed by atoms with Gasteiger partial charge in [0.2, 0.25) is 0 Å². The molecule has 1 N–H and O–H groups in total. The molecule has 0 aliphatic carbocycles. The Hall–Kier alpha value is -4.20. The number of urea groups is 1. The fraction of sp³-hybridized carbons (Fsp3) is 0.217. The van der Waals surface area contributed by atoms with Crippen molar-refractivity contribution in [1.82, 2.24) is 20.3 Å². The maximum atomic E-state index is 14.9. The van der Waals surface area contributed by atoms with Crippen molar-refractivity contribution in [3.8, 4) is 17.3 Å². The van der Waals surface area contributed by atoms with Gasteiger partial charge in [-0.2, -0.15) is 33.8 Å². The number of carbonyl (C=O) groups is 1. The lowest BCUT2D eigenvalue weighted by molar-refractivity contribution is -0.137. The van der Waals surface area contributed by atoms with Crippen LogP contribution in [0.25, 0.3) is 11.3 Å². The first-order valence-corrected chi connectivity index (χ1v) is 10.0. The molecule has 1 aromatic heterocycles. The molecular formula is C23H18F4N6O. The van der Waals surface area contributed by atoms with E-state index in [4.69, 9.17) is 5.26 Å². The van der Waals surface area contributed by atoms with E-state index in [0.29, 0.717) is 11.3 Å². The minimum Gasteiger partial charge on any atom is -0.309 e. The number of carbonyl (C=O) groups excluding carboxylic acids is 1. The molecule has 0 saturated carbocycles. The first-order valence-electron chi connectivity index (χ1n) is 10.0. The van der Waals surface area contributed by atoms with Crippen molar-refractivity contribution in [3.63, 3.8) is 0 Å². The molecule has 4 rings (SSSR count). The van der Waals surface area contributed by atoms with Gasteiger partial charge in [-0.25, -0.2) is 9.18 Å². The minimum absolute atomic E-state index is 0.0845. The monoisotopic (exact) mass is 470 g/mol. The number of rotatable bonds is 4. The van der Waals surface area contributed by atoms with Gasteiger partial charge in [-0.15, -0.1) is 0 Å². The molecule has 0 spiro atoms. The van der Waals surface area contributed by atoms with Crippen molar-refractivity contribution in [2.24, 2.45) is 0 Å². The summed E-state index contributed by atoms with van der Waals surface area (Å²) in [5, 5.41) is 19.1. The van der Waals surface area contributed by atoms with Crippen molar-refractivity contribution in [3.05, 3.63) is 77.4 Å². The van der Waals surface area contributed by atoms with Gasteiger partial charge in [0.05, 0.1) is 41.2 Å². The first kappa shape index (κ1) is 23.0. The predicted octanol–water partition coefficient (Wildman–Crippen LogP) is 5.24. The van der Waals surface area contributed by atoms with E-state index in [1.54, 1.807) is 19.9 Å². The van der Waals surface area contributed by atoms with Crippen LogP contribution in [0.1, 0.15) is 30.5 Å². The smallest absolute Gasteiger partial charge is 0.309 e. The molecule has 0 bridgehead atoms. The summed E-state index contributed by atoms with van der Waals surface area (Å²) in [6, 6.07) is 8.27. The zero-order chi connectivity index (χ0) is 24.8. The van der Waals surface area contributed by atoms with Crippen LogP contribution in [0.2, 0.25) is 0 Å². The van der Waals surface area contributed by atoms with E-state index in [1.807, 2.05) is 0 Å². The molecule has 1 aliphatic heterocycles. The van der Waals surface area contributed by atoms with Crippen LogP contribution >= 0.6 is 0 Å². The predicted molar refractivity (Wildman–Crippen MR) is 115 cm³/mol. The Morgan fingerprint density at radius 3 is 2.53 bits per heavy atom. The standard InChI is InChI=1S/C23H18F4N6O/c1-13-22(2,3)32(12-16-5-4-14(8-19(16)24)20-11-29-31-30-20)21(34)33(13)17-7-6-15(10-28)18(9-17)23(25,26)27/h4-9,11H,1,12H2,2-3H3,(H,29,30,31). The molecule has 174 valence electrons. The molecule has 2 heterocycles. The molecule has 0 atom stereocenters. The van der Waals surface area contributed by atoms with E-state index in [1.165, 1.54) is 35.4 Å². The van der Waals surface area contributed by atoms with E-state index < -0.39 is 34.7 Å². The summed E-state index contributed by atoms with van der Waals surface area (Å²) in [4.78, 5) is 15.7. The molecule has 0 radical (unpaired) electrons. The molecule has 0 unspecified atom stereocenters. The van der Waals surface area contributed by atoms with Crippen LogP contribution in [0.5, 0.6) is 0 Å². The number of nitrogens with one attached hydrogen (secondary N) is 1. The van der Waals surface area contributed by atoms with E-state index in [-0.39, 0.29) is 23.5 Å². The Kier molecular flexibility index (Phi) is 5.39. The Morgan fingerprint density at radius 2 is 1.94 bits per heavy atom. The zero-order valence-corrected chi connectivity index (χ0v) is 18.1. The molecular weight excluding hydrogens is 452 g/mol. The molecule has 1 aliphatic rings. The van der Waals surface area contributed by atoms with Gasteiger partial charge in [0, 0.05) is 16.8 Å². The van der Waals surface area contributed by atoms with Gasteiger partial charge in [0.15, 0.2) is 0 Å². The molecule has 1 fully saturated rings. The second-order valence-corrected chi connectivity index (χ2v) is 8.21. The number of anilines is 1. The third-order valence-corrected chi connectivity index (χ3v) is 5.85. The highest BCUT2D eigenvalue weighted by Gasteiger charge is 2.48. The fourth-order valence-corrected chi connectivity index (χ4v) is 3.79. The number of nitriles is 1. The first-order chi connectivity index (χ1) is 15.9. The summed E-state index contributed by atoms with van der Waals surface area (Å²) in [5.41, 5.74) is -1.46. The molecule has 1 saturated heterocycles. The highest BCUT2D eigenvalue weighted by atomic mass is 19.4. The van der Waals surface area contributed by atoms with Crippen LogP contribution in [0.4, 0.5) is 28.0 Å². The van der Waals surface area contributed by atoms with Crippen molar-refractivity contribution < 1.29 is 22.4 Å². The number of aromatic nitrogens is 3. The van der Waals surface area contributed by atoms with E-state index >= 15 is 0 Å². The van der Waals surface area contributed by atoms with Crippen LogP contribution < -0.4 is 4.90 Å². The van der Waals surface area contributed by atoms with Crippen molar-refractivity contribution in [2.75, 3.05) is 4.90 Å². The second-order valence-electron chi connectivity index (χ2n) is 8.21. The molecule has 11 heteroatoms. The maximum Gasteiger partial charge on any atom is 0.417 e. The molecule has 34 heavy (non-hydrogen) atoms. The lowest BCUT2D eigenvalue weighted by Gasteiger charge is -2.30. The summed E-state index contributed by atoms with van der Waals surface area (Å²) in [7, 11) is 0. The van der Waals surface area contributed by atoms with Gasteiger partial charge in [-0.05, 0) is 38.1 Å². The summed E-state index contributed by atoms with van der Waals surface area (Å²) in [5.74, 6) is -0.578. The molecule has 3 aromatic rings. The van der Waals surface area contributed by atoms with E-state index in [2.05, 4.69) is 22.0 Å². The van der Waals surface area contributed by atoms with Crippen LogP contribution in [0.3, 0.4) is 0 Å². The third-order valence-electron chi connectivity index (χ3n) is 5.85. The van der Waals surface area contributed by atoms with E-state index in [9.17, 15) is 22.4 Å². The van der Waals surface area contributed by atoms with Gasteiger partial charge in [-0.1, -0.05) is 18.7 Å². The lowest BCUT2D eigenvalue weighted by atomic mass is 9.99. The molecule has 7 nitrogen and oxygen atoms in total. The second kappa shape index (κ2) is 7.98. The van der Waals surface area contributed by atoms with Gasteiger partial charge in [0.25, 0.3) is 0 Å². The van der Waals surface area contributed by atoms with Crippen molar-refractivity contribution in [2.45, 2.75) is 32.1 Å². The SMILES string of the molecule is C=C1N(c2ccc(C#N)c(C(F)(F)F)c2)C(=O)N(Cc2ccc(-c3cn[nH]n3)cc2F)C1(C)C. The van der Waals surface area contributed by atoms with Crippen LogP contribution in [0.15, 0.2) is 54.9 Å². The van der Waals surface area contributed by atoms with Crippen molar-refractivity contribution >= 4 is 11.7 Å². The number of hydrogen-bond acceptors (Lipinski definition) is 4. The summed E-state index contributed by atoms with van der Waals surface area (Å²) in [6.45, 7) is 7.11. The summed E-state index contributed by atoms with van der Waals surface area (Å²) in [6.07, 6.45) is -3.34. The Morgan fingerprint density at radius 1 is 1.21 bits per heavy atom. The zero-order valence-electron chi connectivity index (χ0n) is 18.1. The number of hydrogen-bond donors (Lipinski definition) is 1. The lowest BCUT2D eigenvalue weighted by Crippen LogP contribution is -2.40. The number of nitrogens with zero attached hydrogens (tertiary/aromatic N) is 5. The molecule has 2 amide bonds. The number of aromatic amines is 1. The van der Waals surface area contributed by atoms with Gasteiger partial charge in [-0.3, -0.25) is 4.90 Å². The number of benzene rings is 2. The number of halogens is 4. The largest absolute Gasteiger partial charge is 0.417 e. The average molecular weight is 470 g/mol. The molecule has 2 aromatic carbocycles. The topological polar surface area (TPSA) is 88.9 Å². The Bertz CT molecular complexity index is 1320. The Labute approximate surface area is 191 Å². The normalized spacial score (nSPS) is 15.7. The number of alkyl halides is 3. The third kappa shape index (κ3) is 3.77. The van der Waals surface area contributed by atoms with Crippen molar-refractivity contribution in [1.29, 1.82) is 5.26 Å². The van der Waals surface area contributed by atoms with Crippen LogP contribution in [0, 0.1) is 17.1 Å². The minimum atomic E-state index is -4.78. The van der Waals surface area contributed by atoms with Gasteiger partial charge >= 0.3 is 12.2 Å². The summed E-state index contributed by atoms with van der Waals surface area (Å²) < 4.78 is 55.2. The fourth-order valence-electron chi connectivity index (χ4n) is 3.79. The van der Waals surface area contributed by atoms with Crippen LogP contribution in [-0.4, -0.2) is 31.9 Å². The highest BCUT2D eigenvalue weighted by molar-refractivity contribution is 6.00. The van der Waals surface area contributed by atoms with Gasteiger partial charge < -0.3 is 4.90 Å². The van der Waals surface area contributed by atoms with E-state index in [0.717, 1.165) is 17.0 Å². The summed E-state index contributed by atoms with van der Waals surface area (Å²) >= 11 is 0. The quantitative estimate of drug-likeness (QED) is 0.529. The Balaban J connectivity index is 1.68. The average Bonchev–Trinajstić information content (AvgIpc) is 3.37. The number of H-pyrrole nitrogens is 1. The number of amides is 2. The van der Waals surface area contributed by atoms with Gasteiger partial charge in [0.1, 0.15) is 11.5 Å².